The summed E-state index contributed by atoms with van der Waals surface area (Å²) in [6.07, 6.45) is 2.22. The summed E-state index contributed by atoms with van der Waals surface area (Å²) in [7, 11) is 0. The highest BCUT2D eigenvalue weighted by atomic mass is 35.5. The van der Waals surface area contributed by atoms with E-state index in [1.165, 1.54) is 5.56 Å². The molecule has 0 radical (unpaired) electrons. The van der Waals surface area contributed by atoms with E-state index >= 15 is 0 Å². The van der Waals surface area contributed by atoms with Crippen molar-refractivity contribution in [1.82, 2.24) is 10.2 Å². The summed E-state index contributed by atoms with van der Waals surface area (Å²) in [6.45, 7) is 7.52. The molecule has 0 aromatic heterocycles. The van der Waals surface area contributed by atoms with E-state index < -0.39 is 0 Å². The van der Waals surface area contributed by atoms with Crippen LogP contribution in [0.3, 0.4) is 0 Å². The van der Waals surface area contributed by atoms with Crippen LogP contribution in [0.25, 0.3) is 0 Å². The fraction of sp³-hybridized carbons (Fsp3) is 0.611. The monoisotopic (exact) mass is 337 g/mol. The summed E-state index contributed by atoms with van der Waals surface area (Å²) in [6, 6.07) is 7.92. The third-order valence-corrected chi connectivity index (χ3v) is 5.19. The molecule has 5 heteroatoms. The standard InChI is InChI=1S/C18H28ClN3O/c1-13(14(2)20)18(23)21-11-15-7-9-22(10-8-15)12-16-5-3-4-6-17(16)19/h3-6,13-15H,7-12,20H2,1-2H3,(H,21,23). The molecule has 1 saturated heterocycles. The first kappa shape index (κ1) is 18.2. The molecule has 0 spiro atoms. The van der Waals surface area contributed by atoms with Gasteiger partial charge < -0.3 is 11.1 Å². The SMILES string of the molecule is CC(N)C(C)C(=O)NCC1CCN(Cc2ccccc2Cl)CC1. The molecule has 2 rings (SSSR count). The molecule has 128 valence electrons. The summed E-state index contributed by atoms with van der Waals surface area (Å²) >= 11 is 6.23. The fourth-order valence-electron chi connectivity index (χ4n) is 2.86. The van der Waals surface area contributed by atoms with E-state index in [4.69, 9.17) is 17.3 Å². The molecule has 4 nitrogen and oxygen atoms in total. The number of hydrogen-bond acceptors (Lipinski definition) is 3. The maximum Gasteiger partial charge on any atom is 0.224 e. The fourth-order valence-corrected chi connectivity index (χ4v) is 3.06. The molecule has 0 saturated carbocycles. The Morgan fingerprint density at radius 3 is 2.61 bits per heavy atom. The van der Waals surface area contributed by atoms with Gasteiger partial charge in [-0.1, -0.05) is 36.7 Å². The second kappa shape index (κ2) is 8.67. The molecular weight excluding hydrogens is 310 g/mol. The number of likely N-dealkylation sites (tertiary alicyclic amines) is 1. The van der Waals surface area contributed by atoms with Crippen LogP contribution in [-0.2, 0) is 11.3 Å². The number of nitrogens with one attached hydrogen (secondary N) is 1. The van der Waals surface area contributed by atoms with Gasteiger partial charge in [0.2, 0.25) is 5.91 Å². The van der Waals surface area contributed by atoms with E-state index in [-0.39, 0.29) is 17.9 Å². The van der Waals surface area contributed by atoms with Crippen molar-refractivity contribution in [2.75, 3.05) is 19.6 Å². The maximum absolute atomic E-state index is 12.0. The van der Waals surface area contributed by atoms with Crippen LogP contribution in [0.1, 0.15) is 32.3 Å². The number of rotatable bonds is 6. The lowest BCUT2D eigenvalue weighted by atomic mass is 9.95. The van der Waals surface area contributed by atoms with Crippen LogP contribution in [0.5, 0.6) is 0 Å². The third kappa shape index (κ3) is 5.48. The number of nitrogens with two attached hydrogens (primary N) is 1. The third-order valence-electron chi connectivity index (χ3n) is 4.83. The van der Waals surface area contributed by atoms with Crippen molar-refractivity contribution in [1.29, 1.82) is 0 Å². The zero-order valence-corrected chi connectivity index (χ0v) is 14.9. The summed E-state index contributed by atoms with van der Waals surface area (Å²) in [5.74, 6) is 0.496. The Morgan fingerprint density at radius 2 is 2.00 bits per heavy atom. The first-order chi connectivity index (χ1) is 11.0. The molecule has 23 heavy (non-hydrogen) atoms. The quantitative estimate of drug-likeness (QED) is 0.839. The maximum atomic E-state index is 12.0. The average Bonchev–Trinajstić information content (AvgIpc) is 2.55. The van der Waals surface area contributed by atoms with Crippen LogP contribution in [0.4, 0.5) is 0 Å². The summed E-state index contributed by atoms with van der Waals surface area (Å²) < 4.78 is 0. The Balaban J connectivity index is 1.72. The van der Waals surface area contributed by atoms with Gasteiger partial charge in [-0.05, 0) is 50.4 Å². The van der Waals surface area contributed by atoms with Crippen molar-refractivity contribution in [2.24, 2.45) is 17.6 Å². The molecule has 0 bridgehead atoms. The normalized spacial score (nSPS) is 19.3. The number of hydrogen-bond donors (Lipinski definition) is 2. The van der Waals surface area contributed by atoms with Gasteiger partial charge in [-0.25, -0.2) is 0 Å². The van der Waals surface area contributed by atoms with Gasteiger partial charge in [-0.2, -0.15) is 0 Å². The summed E-state index contributed by atoms with van der Waals surface area (Å²) in [5.41, 5.74) is 6.96. The van der Waals surface area contributed by atoms with Crippen LogP contribution in [0.2, 0.25) is 5.02 Å². The van der Waals surface area contributed by atoms with Crippen molar-refractivity contribution < 1.29 is 4.79 Å². The van der Waals surface area contributed by atoms with Gasteiger partial charge in [0.25, 0.3) is 0 Å². The number of piperidine rings is 1. The number of carbonyl (C=O) groups excluding carboxylic acids is 1. The van der Waals surface area contributed by atoms with E-state index in [9.17, 15) is 4.79 Å². The Bertz CT molecular complexity index is 513. The molecule has 2 atom stereocenters. The molecule has 1 aromatic rings. The number of amides is 1. The smallest absolute Gasteiger partial charge is 0.224 e. The van der Waals surface area contributed by atoms with E-state index in [2.05, 4.69) is 16.3 Å². The van der Waals surface area contributed by atoms with Gasteiger partial charge in [-0.15, -0.1) is 0 Å². The van der Waals surface area contributed by atoms with Crippen molar-refractivity contribution in [2.45, 2.75) is 39.3 Å². The van der Waals surface area contributed by atoms with E-state index in [1.54, 1.807) is 0 Å². The van der Waals surface area contributed by atoms with Crippen LogP contribution in [0.15, 0.2) is 24.3 Å². The highest BCUT2D eigenvalue weighted by molar-refractivity contribution is 6.31. The Kier molecular flexibility index (Phi) is 6.88. The first-order valence-electron chi connectivity index (χ1n) is 8.46. The number of benzene rings is 1. The van der Waals surface area contributed by atoms with E-state index in [0.29, 0.717) is 5.92 Å². The van der Waals surface area contributed by atoms with Crippen LogP contribution < -0.4 is 11.1 Å². The van der Waals surface area contributed by atoms with Gasteiger partial charge in [0.05, 0.1) is 0 Å². The van der Waals surface area contributed by atoms with Crippen molar-refractivity contribution in [3.8, 4) is 0 Å². The molecule has 3 N–H and O–H groups in total. The molecular formula is C18H28ClN3O. The van der Waals surface area contributed by atoms with Gasteiger partial charge in [0, 0.05) is 30.1 Å². The summed E-state index contributed by atoms with van der Waals surface area (Å²) in [5, 5.41) is 3.89. The van der Waals surface area contributed by atoms with Crippen LogP contribution in [0, 0.1) is 11.8 Å². The number of carbonyl (C=O) groups is 1. The molecule has 0 aliphatic carbocycles. The van der Waals surface area contributed by atoms with Crippen molar-refractivity contribution in [3.05, 3.63) is 34.9 Å². The highest BCUT2D eigenvalue weighted by Gasteiger charge is 2.22. The summed E-state index contributed by atoms with van der Waals surface area (Å²) in [4.78, 5) is 14.4. The van der Waals surface area contributed by atoms with E-state index in [0.717, 1.165) is 44.0 Å². The predicted molar refractivity (Wildman–Crippen MR) is 95.3 cm³/mol. The Labute approximate surface area is 144 Å². The lowest BCUT2D eigenvalue weighted by Gasteiger charge is -2.32. The molecule has 1 aliphatic rings. The van der Waals surface area contributed by atoms with Gasteiger partial charge >= 0.3 is 0 Å². The average molecular weight is 338 g/mol. The lowest BCUT2D eigenvalue weighted by Crippen LogP contribution is -2.42. The number of nitrogens with zero attached hydrogens (tertiary/aromatic N) is 1. The van der Waals surface area contributed by atoms with Crippen molar-refractivity contribution in [3.63, 3.8) is 0 Å². The first-order valence-corrected chi connectivity index (χ1v) is 8.84. The minimum Gasteiger partial charge on any atom is -0.356 e. The lowest BCUT2D eigenvalue weighted by molar-refractivity contribution is -0.125. The molecule has 1 fully saturated rings. The van der Waals surface area contributed by atoms with Gasteiger partial charge in [-0.3, -0.25) is 9.69 Å². The van der Waals surface area contributed by atoms with E-state index in [1.807, 2.05) is 32.0 Å². The molecule has 1 aliphatic heterocycles. The molecule has 1 heterocycles. The zero-order chi connectivity index (χ0) is 16.8. The largest absolute Gasteiger partial charge is 0.356 e. The highest BCUT2D eigenvalue weighted by Crippen LogP contribution is 2.22. The van der Waals surface area contributed by atoms with Gasteiger partial charge in [0.15, 0.2) is 0 Å². The second-order valence-corrected chi connectivity index (χ2v) is 7.11. The van der Waals surface area contributed by atoms with Crippen LogP contribution in [-0.4, -0.2) is 36.5 Å². The predicted octanol–water partition coefficient (Wildman–Crippen LogP) is 2.65. The van der Waals surface area contributed by atoms with Crippen LogP contribution >= 0.6 is 11.6 Å². The van der Waals surface area contributed by atoms with Gasteiger partial charge in [0.1, 0.15) is 0 Å². The minimum atomic E-state index is -0.129. The Morgan fingerprint density at radius 1 is 1.35 bits per heavy atom. The topological polar surface area (TPSA) is 58.4 Å². The number of halogens is 1. The molecule has 2 unspecified atom stereocenters. The zero-order valence-electron chi connectivity index (χ0n) is 14.1. The molecule has 1 aromatic carbocycles. The Hall–Kier alpha value is -1.10. The second-order valence-electron chi connectivity index (χ2n) is 6.70. The minimum absolute atomic E-state index is 0.0681. The molecule has 1 amide bonds. The van der Waals surface area contributed by atoms with Crippen molar-refractivity contribution >= 4 is 17.5 Å².